The molecule has 0 aromatic carbocycles. The first-order valence-corrected chi connectivity index (χ1v) is 6.33. The van der Waals surface area contributed by atoms with Gasteiger partial charge in [-0.2, -0.15) is 0 Å². The van der Waals surface area contributed by atoms with Gasteiger partial charge in [0.2, 0.25) is 0 Å². The molecule has 0 unspecified atom stereocenters. The fourth-order valence-electron chi connectivity index (χ4n) is 1.78. The number of esters is 1. The Hall–Kier alpha value is -1.82. The lowest BCUT2D eigenvalue weighted by atomic mass is 10.2. The molecule has 0 saturated carbocycles. The molecule has 0 spiro atoms. The maximum Gasteiger partial charge on any atom is 0.341 e. The Morgan fingerprint density at radius 3 is 2.84 bits per heavy atom. The number of aliphatic hydroxyl groups excluding tert-OH is 1. The van der Waals surface area contributed by atoms with Gasteiger partial charge in [0.25, 0.3) is 0 Å². The van der Waals surface area contributed by atoms with Crippen LogP contribution in [0.5, 0.6) is 0 Å². The summed E-state index contributed by atoms with van der Waals surface area (Å²) < 4.78 is 4.74. The molecule has 1 aromatic heterocycles. The zero-order valence-electron chi connectivity index (χ0n) is 11.4. The molecule has 1 rings (SSSR count). The van der Waals surface area contributed by atoms with Gasteiger partial charge in [-0.25, -0.2) is 9.78 Å². The first-order valence-electron chi connectivity index (χ1n) is 6.33. The molecule has 0 aliphatic heterocycles. The van der Waals surface area contributed by atoms with Crippen molar-refractivity contribution in [3.05, 3.63) is 17.8 Å². The fourth-order valence-corrected chi connectivity index (χ4v) is 1.78. The second-order valence-electron chi connectivity index (χ2n) is 4.20. The van der Waals surface area contributed by atoms with Gasteiger partial charge < -0.3 is 20.5 Å². The van der Waals surface area contributed by atoms with Gasteiger partial charge in [0.05, 0.1) is 25.6 Å². The van der Waals surface area contributed by atoms with Gasteiger partial charge in [-0.3, -0.25) is 0 Å². The lowest BCUT2D eigenvalue weighted by molar-refractivity contribution is 0.0601. The second kappa shape index (κ2) is 7.58. The number of carbonyl (C=O) groups excluding carboxylic acids is 1. The van der Waals surface area contributed by atoms with Crippen LogP contribution in [0, 0.1) is 0 Å². The molecule has 0 aliphatic carbocycles. The largest absolute Gasteiger partial charge is 0.465 e. The van der Waals surface area contributed by atoms with E-state index >= 15 is 0 Å². The predicted molar refractivity (Wildman–Crippen MR) is 74.2 cm³/mol. The molecule has 0 bridgehead atoms. The van der Waals surface area contributed by atoms with Crippen molar-refractivity contribution in [3.8, 4) is 0 Å². The fraction of sp³-hybridized carbons (Fsp3) is 0.538. The van der Waals surface area contributed by atoms with Crippen LogP contribution in [0.25, 0.3) is 0 Å². The standard InChI is InChI=1S/C13H21N3O3/c1-3-4-5-16(6-7-17)12-11(13(18)19-2)8-10(14)9-15-12/h8-9,17H,3-7,14H2,1-2H3. The Morgan fingerprint density at radius 1 is 1.53 bits per heavy atom. The predicted octanol–water partition coefficient (Wildman–Crippen LogP) is 1.05. The first-order chi connectivity index (χ1) is 9.13. The highest BCUT2D eigenvalue weighted by molar-refractivity contribution is 5.95. The molecule has 1 heterocycles. The molecule has 6 heteroatoms. The highest BCUT2D eigenvalue weighted by Gasteiger charge is 2.18. The molecule has 0 fully saturated rings. The summed E-state index contributed by atoms with van der Waals surface area (Å²) in [6.45, 7) is 3.21. The summed E-state index contributed by atoms with van der Waals surface area (Å²) in [5.41, 5.74) is 6.39. The van der Waals surface area contributed by atoms with Crippen LogP contribution in [0.15, 0.2) is 12.3 Å². The number of aliphatic hydroxyl groups is 1. The molecule has 19 heavy (non-hydrogen) atoms. The number of rotatable bonds is 7. The van der Waals surface area contributed by atoms with Gasteiger partial charge in [-0.15, -0.1) is 0 Å². The van der Waals surface area contributed by atoms with Gasteiger partial charge in [0, 0.05) is 13.1 Å². The van der Waals surface area contributed by atoms with E-state index in [0.717, 1.165) is 19.4 Å². The molecule has 0 atom stereocenters. The van der Waals surface area contributed by atoms with Crippen LogP contribution in [0.4, 0.5) is 11.5 Å². The molecule has 0 radical (unpaired) electrons. The van der Waals surface area contributed by atoms with Crippen molar-refractivity contribution in [1.82, 2.24) is 4.98 Å². The Labute approximate surface area is 113 Å². The minimum atomic E-state index is -0.478. The van der Waals surface area contributed by atoms with Crippen LogP contribution in [-0.2, 0) is 4.74 Å². The van der Waals surface area contributed by atoms with Gasteiger partial charge in [0.15, 0.2) is 0 Å². The number of aromatic nitrogens is 1. The van der Waals surface area contributed by atoms with E-state index in [4.69, 9.17) is 15.6 Å². The van der Waals surface area contributed by atoms with Gasteiger partial charge in [0.1, 0.15) is 11.4 Å². The summed E-state index contributed by atoms with van der Waals surface area (Å²) in [4.78, 5) is 17.8. The van der Waals surface area contributed by atoms with E-state index < -0.39 is 5.97 Å². The van der Waals surface area contributed by atoms with Crippen molar-refractivity contribution in [2.75, 3.05) is 37.4 Å². The van der Waals surface area contributed by atoms with Crippen LogP contribution >= 0.6 is 0 Å². The summed E-state index contributed by atoms with van der Waals surface area (Å²) in [7, 11) is 1.32. The number of nitrogen functional groups attached to an aromatic ring is 1. The summed E-state index contributed by atoms with van der Waals surface area (Å²) in [5.74, 6) is 0.0257. The van der Waals surface area contributed by atoms with E-state index in [0.29, 0.717) is 23.6 Å². The van der Waals surface area contributed by atoms with E-state index in [-0.39, 0.29) is 6.61 Å². The van der Waals surface area contributed by atoms with Crippen molar-refractivity contribution >= 4 is 17.5 Å². The third-order valence-electron chi connectivity index (χ3n) is 2.74. The summed E-state index contributed by atoms with van der Waals surface area (Å²) in [6.07, 6.45) is 3.47. The minimum Gasteiger partial charge on any atom is -0.465 e. The Kier molecular flexibility index (Phi) is 6.08. The highest BCUT2D eigenvalue weighted by atomic mass is 16.5. The van der Waals surface area contributed by atoms with Crippen LogP contribution < -0.4 is 10.6 Å². The summed E-state index contributed by atoms with van der Waals surface area (Å²) in [5, 5.41) is 9.13. The highest BCUT2D eigenvalue weighted by Crippen LogP contribution is 2.21. The molecule has 6 nitrogen and oxygen atoms in total. The smallest absolute Gasteiger partial charge is 0.341 e. The quantitative estimate of drug-likeness (QED) is 0.718. The lowest BCUT2D eigenvalue weighted by Crippen LogP contribution is -2.30. The van der Waals surface area contributed by atoms with E-state index in [1.54, 1.807) is 6.07 Å². The van der Waals surface area contributed by atoms with Crippen LogP contribution in [0.1, 0.15) is 30.1 Å². The number of nitrogens with two attached hydrogens (primary N) is 1. The molecule has 0 saturated heterocycles. The molecule has 0 aliphatic rings. The van der Waals surface area contributed by atoms with Crippen molar-refractivity contribution in [2.45, 2.75) is 19.8 Å². The zero-order valence-corrected chi connectivity index (χ0v) is 11.4. The molecule has 1 aromatic rings. The van der Waals surface area contributed by atoms with Gasteiger partial charge >= 0.3 is 5.97 Å². The SMILES string of the molecule is CCCCN(CCO)c1ncc(N)cc1C(=O)OC. The third kappa shape index (κ3) is 4.10. The number of unbranched alkanes of at least 4 members (excludes halogenated alkanes) is 1. The van der Waals surface area contributed by atoms with Crippen LogP contribution in [-0.4, -0.2) is 42.9 Å². The summed E-state index contributed by atoms with van der Waals surface area (Å²) >= 11 is 0. The topological polar surface area (TPSA) is 88.7 Å². The minimum absolute atomic E-state index is 0.00359. The number of methoxy groups -OCH3 is 1. The van der Waals surface area contributed by atoms with Crippen LogP contribution in [0.2, 0.25) is 0 Å². The number of nitrogens with zero attached hydrogens (tertiary/aromatic N) is 2. The number of hydrogen-bond acceptors (Lipinski definition) is 6. The Balaban J connectivity index is 3.09. The average molecular weight is 267 g/mol. The summed E-state index contributed by atoms with van der Waals surface area (Å²) in [6, 6.07) is 1.55. The van der Waals surface area contributed by atoms with E-state index in [9.17, 15) is 4.79 Å². The van der Waals surface area contributed by atoms with E-state index in [1.165, 1.54) is 13.3 Å². The average Bonchev–Trinajstić information content (AvgIpc) is 2.42. The van der Waals surface area contributed by atoms with Crippen molar-refractivity contribution in [2.24, 2.45) is 0 Å². The molecular weight excluding hydrogens is 246 g/mol. The normalized spacial score (nSPS) is 10.3. The third-order valence-corrected chi connectivity index (χ3v) is 2.74. The number of carbonyl (C=O) groups is 1. The Morgan fingerprint density at radius 2 is 2.26 bits per heavy atom. The maximum atomic E-state index is 11.8. The molecular formula is C13H21N3O3. The number of ether oxygens (including phenoxy) is 1. The second-order valence-corrected chi connectivity index (χ2v) is 4.20. The monoisotopic (exact) mass is 267 g/mol. The molecule has 0 amide bonds. The molecule has 106 valence electrons. The number of hydrogen-bond donors (Lipinski definition) is 2. The first kappa shape index (κ1) is 15.2. The molecule has 3 N–H and O–H groups in total. The van der Waals surface area contributed by atoms with E-state index in [1.807, 2.05) is 4.90 Å². The zero-order chi connectivity index (χ0) is 14.3. The van der Waals surface area contributed by atoms with Crippen LogP contribution in [0.3, 0.4) is 0 Å². The maximum absolute atomic E-state index is 11.8. The number of pyridine rings is 1. The number of anilines is 2. The van der Waals surface area contributed by atoms with Crippen molar-refractivity contribution < 1.29 is 14.6 Å². The van der Waals surface area contributed by atoms with Gasteiger partial charge in [-0.05, 0) is 12.5 Å². The van der Waals surface area contributed by atoms with Crippen molar-refractivity contribution in [1.29, 1.82) is 0 Å². The van der Waals surface area contributed by atoms with Crippen molar-refractivity contribution in [3.63, 3.8) is 0 Å². The lowest BCUT2D eigenvalue weighted by Gasteiger charge is -2.24. The Bertz CT molecular complexity index is 424. The van der Waals surface area contributed by atoms with E-state index in [2.05, 4.69) is 11.9 Å². The van der Waals surface area contributed by atoms with Gasteiger partial charge in [-0.1, -0.05) is 13.3 Å².